The molecule has 0 fully saturated rings. The van der Waals surface area contributed by atoms with Gasteiger partial charge in [0.15, 0.2) is 11.5 Å². The number of aromatic carboxylic acids is 1. The Hall–Kier alpha value is -1.82. The Morgan fingerprint density at radius 1 is 1.44 bits per heavy atom. The number of fused-ring (bicyclic) bond motifs is 1. The average Bonchev–Trinajstić information content (AvgIpc) is 2.64. The lowest BCUT2D eigenvalue weighted by atomic mass is 10.2. The first-order chi connectivity index (χ1) is 8.49. The molecular formula is C12H9BrO5. The molecule has 1 aromatic heterocycles. The number of hydrogen-bond acceptors (Lipinski definition) is 4. The Labute approximate surface area is 110 Å². The summed E-state index contributed by atoms with van der Waals surface area (Å²) in [4.78, 5) is 22.0. The van der Waals surface area contributed by atoms with Crippen molar-refractivity contribution in [2.45, 2.75) is 6.92 Å². The van der Waals surface area contributed by atoms with Gasteiger partial charge in [-0.25, -0.2) is 4.79 Å². The average molecular weight is 313 g/mol. The molecule has 2 aromatic rings. The number of halogens is 1. The molecule has 0 aliphatic carbocycles. The first-order valence-electron chi connectivity index (χ1n) is 5.06. The predicted molar refractivity (Wildman–Crippen MR) is 67.0 cm³/mol. The van der Waals surface area contributed by atoms with E-state index in [0.29, 0.717) is 11.0 Å². The zero-order chi connectivity index (χ0) is 13.3. The Morgan fingerprint density at radius 3 is 2.78 bits per heavy atom. The van der Waals surface area contributed by atoms with Gasteiger partial charge in [0, 0.05) is 4.47 Å². The van der Waals surface area contributed by atoms with Crippen LogP contribution in [0.2, 0.25) is 0 Å². The molecule has 0 saturated carbocycles. The summed E-state index contributed by atoms with van der Waals surface area (Å²) in [6.45, 7) is 1.17. The number of hydrogen-bond donors (Lipinski definition) is 1. The zero-order valence-corrected chi connectivity index (χ0v) is 11.0. The fraction of sp³-hybridized carbons (Fsp3) is 0.167. The molecule has 0 saturated heterocycles. The van der Waals surface area contributed by atoms with Gasteiger partial charge in [0.25, 0.3) is 5.76 Å². The standard InChI is InChI=1S/C12H9BrO5/c1-6(14)5-17-10-8-3-2-7(13)4-9(8)18-11(10)12(15)16/h2-4H,5H2,1H3,(H,15,16). The van der Waals surface area contributed by atoms with Crippen LogP contribution in [-0.4, -0.2) is 23.5 Å². The molecule has 1 heterocycles. The third kappa shape index (κ3) is 2.38. The van der Waals surface area contributed by atoms with Gasteiger partial charge in [-0.3, -0.25) is 4.79 Å². The molecule has 0 spiro atoms. The van der Waals surface area contributed by atoms with Crippen LogP contribution in [0.1, 0.15) is 17.5 Å². The molecule has 0 unspecified atom stereocenters. The molecule has 94 valence electrons. The minimum absolute atomic E-state index is 0.0835. The fourth-order valence-electron chi connectivity index (χ4n) is 1.50. The van der Waals surface area contributed by atoms with Gasteiger partial charge in [-0.2, -0.15) is 0 Å². The minimum Gasteiger partial charge on any atom is -0.481 e. The van der Waals surface area contributed by atoms with Crippen LogP contribution in [0.25, 0.3) is 11.0 Å². The number of carbonyl (C=O) groups is 2. The normalized spacial score (nSPS) is 10.6. The Morgan fingerprint density at radius 2 is 2.17 bits per heavy atom. The van der Waals surface area contributed by atoms with Gasteiger partial charge in [0.2, 0.25) is 0 Å². The van der Waals surface area contributed by atoms with Crippen LogP contribution in [0.3, 0.4) is 0 Å². The van der Waals surface area contributed by atoms with Gasteiger partial charge in [-0.1, -0.05) is 15.9 Å². The summed E-state index contributed by atoms with van der Waals surface area (Å²) in [7, 11) is 0. The van der Waals surface area contributed by atoms with Gasteiger partial charge in [0.05, 0.1) is 5.39 Å². The Balaban J connectivity index is 2.55. The summed E-state index contributed by atoms with van der Waals surface area (Å²) in [6, 6.07) is 5.05. The summed E-state index contributed by atoms with van der Waals surface area (Å²) in [6.07, 6.45) is 0. The molecule has 0 aliphatic heterocycles. The van der Waals surface area contributed by atoms with Gasteiger partial charge in [-0.15, -0.1) is 0 Å². The highest BCUT2D eigenvalue weighted by Gasteiger charge is 2.22. The zero-order valence-electron chi connectivity index (χ0n) is 9.40. The van der Waals surface area contributed by atoms with Crippen LogP contribution in [0.4, 0.5) is 0 Å². The molecule has 5 nitrogen and oxygen atoms in total. The van der Waals surface area contributed by atoms with E-state index < -0.39 is 5.97 Å². The first kappa shape index (κ1) is 12.6. The molecule has 6 heteroatoms. The summed E-state index contributed by atoms with van der Waals surface area (Å²) < 4.78 is 11.2. The van der Waals surface area contributed by atoms with Crippen molar-refractivity contribution in [2.75, 3.05) is 6.61 Å². The van der Waals surface area contributed by atoms with Crippen LogP contribution in [-0.2, 0) is 4.79 Å². The lowest BCUT2D eigenvalue weighted by molar-refractivity contribution is -0.118. The molecule has 1 N–H and O–H groups in total. The van der Waals surface area contributed by atoms with E-state index in [4.69, 9.17) is 14.3 Å². The van der Waals surface area contributed by atoms with Crippen LogP contribution < -0.4 is 4.74 Å². The Kier molecular flexibility index (Phi) is 3.38. The van der Waals surface area contributed by atoms with Crippen molar-refractivity contribution in [3.05, 3.63) is 28.4 Å². The molecule has 0 amide bonds. The number of carbonyl (C=O) groups excluding carboxylic acids is 1. The monoisotopic (exact) mass is 312 g/mol. The largest absolute Gasteiger partial charge is 0.481 e. The minimum atomic E-state index is -1.24. The van der Waals surface area contributed by atoms with E-state index in [1.165, 1.54) is 6.92 Å². The maximum atomic E-state index is 11.1. The van der Waals surface area contributed by atoms with Crippen molar-refractivity contribution in [1.82, 2.24) is 0 Å². The lowest BCUT2D eigenvalue weighted by Crippen LogP contribution is -2.08. The van der Waals surface area contributed by atoms with Crippen molar-refractivity contribution < 1.29 is 23.8 Å². The number of Topliss-reactive ketones (excluding diaryl/α,β-unsaturated/α-hetero) is 1. The Bertz CT molecular complexity index is 629. The highest BCUT2D eigenvalue weighted by atomic mass is 79.9. The second-order valence-corrected chi connectivity index (χ2v) is 4.61. The summed E-state index contributed by atoms with van der Waals surface area (Å²) >= 11 is 3.26. The predicted octanol–water partition coefficient (Wildman–Crippen LogP) is 2.86. The second kappa shape index (κ2) is 4.81. The van der Waals surface area contributed by atoms with Crippen molar-refractivity contribution >= 4 is 38.7 Å². The smallest absolute Gasteiger partial charge is 0.375 e. The van der Waals surface area contributed by atoms with E-state index in [1.54, 1.807) is 18.2 Å². The quantitative estimate of drug-likeness (QED) is 0.939. The van der Waals surface area contributed by atoms with Gasteiger partial charge >= 0.3 is 5.97 Å². The lowest BCUT2D eigenvalue weighted by Gasteiger charge is -2.02. The highest BCUT2D eigenvalue weighted by Crippen LogP contribution is 2.34. The molecule has 1 aromatic carbocycles. The molecule has 0 aliphatic rings. The SMILES string of the molecule is CC(=O)COc1c(C(=O)O)oc2cc(Br)ccc12. The third-order valence-electron chi connectivity index (χ3n) is 2.22. The van der Waals surface area contributed by atoms with Gasteiger partial charge < -0.3 is 14.3 Å². The third-order valence-corrected chi connectivity index (χ3v) is 2.71. The van der Waals surface area contributed by atoms with Crippen LogP contribution in [0.15, 0.2) is 27.1 Å². The van der Waals surface area contributed by atoms with E-state index >= 15 is 0 Å². The first-order valence-corrected chi connectivity index (χ1v) is 5.86. The van der Waals surface area contributed by atoms with E-state index in [-0.39, 0.29) is 23.9 Å². The number of furan rings is 1. The number of benzene rings is 1. The molecule has 0 bridgehead atoms. The van der Waals surface area contributed by atoms with Crippen LogP contribution >= 0.6 is 15.9 Å². The molecule has 0 atom stereocenters. The van der Waals surface area contributed by atoms with Crippen molar-refractivity contribution in [2.24, 2.45) is 0 Å². The van der Waals surface area contributed by atoms with Crippen molar-refractivity contribution in [3.63, 3.8) is 0 Å². The van der Waals surface area contributed by atoms with Gasteiger partial charge in [-0.05, 0) is 25.1 Å². The summed E-state index contributed by atoms with van der Waals surface area (Å²) in [5.74, 6) is -1.65. The van der Waals surface area contributed by atoms with Gasteiger partial charge in [0.1, 0.15) is 12.2 Å². The topological polar surface area (TPSA) is 76.7 Å². The highest BCUT2D eigenvalue weighted by molar-refractivity contribution is 9.10. The number of carboxylic acid groups (broad SMARTS) is 1. The molecule has 18 heavy (non-hydrogen) atoms. The number of ether oxygens (including phenoxy) is 1. The number of carboxylic acids is 1. The summed E-state index contributed by atoms with van der Waals surface area (Å²) in [5.41, 5.74) is 0.389. The van der Waals surface area contributed by atoms with Crippen molar-refractivity contribution in [3.8, 4) is 5.75 Å². The maximum absolute atomic E-state index is 11.1. The molecular weight excluding hydrogens is 304 g/mol. The van der Waals surface area contributed by atoms with E-state index in [9.17, 15) is 9.59 Å². The fourth-order valence-corrected chi connectivity index (χ4v) is 1.84. The van der Waals surface area contributed by atoms with Crippen LogP contribution in [0.5, 0.6) is 5.75 Å². The number of rotatable bonds is 4. The second-order valence-electron chi connectivity index (χ2n) is 3.70. The van der Waals surface area contributed by atoms with E-state index in [1.807, 2.05) is 0 Å². The maximum Gasteiger partial charge on any atom is 0.375 e. The van der Waals surface area contributed by atoms with E-state index in [0.717, 1.165) is 4.47 Å². The summed E-state index contributed by atoms with van der Waals surface area (Å²) in [5, 5.41) is 9.56. The van der Waals surface area contributed by atoms with Crippen LogP contribution in [0, 0.1) is 0 Å². The number of ketones is 1. The van der Waals surface area contributed by atoms with E-state index in [2.05, 4.69) is 15.9 Å². The molecule has 0 radical (unpaired) electrons. The molecule has 2 rings (SSSR count). The van der Waals surface area contributed by atoms with Crippen molar-refractivity contribution in [1.29, 1.82) is 0 Å².